The number of fused-ring (bicyclic) bond motifs is 3. The Balaban J connectivity index is 1.53. The van der Waals surface area contributed by atoms with Gasteiger partial charge in [-0.25, -0.2) is 14.2 Å². The van der Waals surface area contributed by atoms with Crippen LogP contribution in [0.25, 0.3) is 16.2 Å². The second kappa shape index (κ2) is 8.24. The Hall–Kier alpha value is -3.03. The van der Waals surface area contributed by atoms with Crippen LogP contribution in [0.4, 0.5) is 4.39 Å². The van der Waals surface area contributed by atoms with E-state index < -0.39 is 11.8 Å². The molecule has 2 aromatic heterocycles. The number of benzene rings is 2. The zero-order valence-electron chi connectivity index (χ0n) is 16.3. The Morgan fingerprint density at radius 2 is 1.87 bits per heavy atom. The minimum absolute atomic E-state index is 0.225. The molecule has 0 spiro atoms. The van der Waals surface area contributed by atoms with Gasteiger partial charge in [0.2, 0.25) is 0 Å². The summed E-state index contributed by atoms with van der Waals surface area (Å²) in [6, 6.07) is 12.6. The van der Waals surface area contributed by atoms with E-state index in [1.54, 1.807) is 11.3 Å². The first-order valence-corrected chi connectivity index (χ1v) is 11.1. The molecule has 0 bridgehead atoms. The van der Waals surface area contributed by atoms with Gasteiger partial charge in [0.25, 0.3) is 0 Å². The number of rotatable bonds is 4. The van der Waals surface area contributed by atoms with E-state index in [2.05, 4.69) is 9.56 Å². The van der Waals surface area contributed by atoms with E-state index in [1.807, 2.05) is 24.3 Å². The lowest BCUT2D eigenvalue weighted by atomic mass is 10.0. The van der Waals surface area contributed by atoms with Gasteiger partial charge in [0, 0.05) is 21.2 Å². The summed E-state index contributed by atoms with van der Waals surface area (Å²) < 4.78 is 15.2. The van der Waals surface area contributed by atoms with Crippen molar-refractivity contribution >= 4 is 40.1 Å². The van der Waals surface area contributed by atoms with Crippen LogP contribution in [0.5, 0.6) is 0 Å². The number of nitrogens with zero attached hydrogens (tertiary/aromatic N) is 3. The largest absolute Gasteiger partial charge is 0.365 e. The fourth-order valence-corrected chi connectivity index (χ4v) is 5.10. The molecular weight excluding hydrogens is 437 g/mol. The van der Waals surface area contributed by atoms with Gasteiger partial charge in [-0.05, 0) is 62.1 Å². The molecule has 31 heavy (non-hydrogen) atoms. The van der Waals surface area contributed by atoms with Crippen LogP contribution in [-0.2, 0) is 17.7 Å². The molecular formula is C23H17ClFN3O2S. The molecule has 0 unspecified atom stereocenters. The van der Waals surface area contributed by atoms with Crippen molar-refractivity contribution in [1.82, 2.24) is 9.38 Å². The van der Waals surface area contributed by atoms with Crippen LogP contribution in [0, 0.1) is 5.82 Å². The molecule has 0 amide bonds. The monoisotopic (exact) mass is 453 g/mol. The van der Waals surface area contributed by atoms with Gasteiger partial charge in [-0.2, -0.15) is 0 Å². The molecule has 1 aliphatic rings. The third kappa shape index (κ3) is 3.86. The van der Waals surface area contributed by atoms with Crippen LogP contribution < -0.4 is 0 Å². The summed E-state index contributed by atoms with van der Waals surface area (Å²) in [5.74, 6) is -1.08. The molecule has 0 atom stereocenters. The molecule has 2 aromatic carbocycles. The number of thiazole rings is 1. The smallest absolute Gasteiger partial charge is 0.313 e. The highest BCUT2D eigenvalue weighted by Crippen LogP contribution is 2.34. The Labute approximate surface area is 186 Å². The van der Waals surface area contributed by atoms with Crippen molar-refractivity contribution < 1.29 is 14.0 Å². The fraction of sp³-hybridized carbons (Fsp3) is 0.174. The summed E-state index contributed by atoms with van der Waals surface area (Å²) in [6.07, 6.45) is 5.85. The minimum atomic E-state index is -0.655. The van der Waals surface area contributed by atoms with Crippen molar-refractivity contribution in [2.75, 3.05) is 0 Å². The van der Waals surface area contributed by atoms with Gasteiger partial charge in [0.15, 0.2) is 4.96 Å². The Morgan fingerprint density at radius 3 is 2.65 bits per heavy atom. The van der Waals surface area contributed by atoms with Gasteiger partial charge in [-0.3, -0.25) is 4.40 Å². The standard InChI is InChI=1S/C23H17ClFN3O2S/c24-16-9-5-14(6-10-16)21-19(13-26-30-22(29)15-7-11-17(25)12-8-15)28-18-3-1-2-4-20(18)31-23(28)27-21/h5-13H,1-4H2/b26-13-. The minimum Gasteiger partial charge on any atom is -0.313 e. The van der Waals surface area contributed by atoms with Gasteiger partial charge in [0.05, 0.1) is 23.2 Å². The molecule has 0 saturated heterocycles. The molecule has 8 heteroatoms. The SMILES string of the molecule is O=C(O/N=C\c1c(-c2ccc(Cl)cc2)nc2sc3c(n12)CCCC3)c1ccc(F)cc1. The maximum Gasteiger partial charge on any atom is 0.365 e. The molecule has 4 aromatic rings. The van der Waals surface area contributed by atoms with Gasteiger partial charge >= 0.3 is 5.97 Å². The maximum atomic E-state index is 13.1. The van der Waals surface area contributed by atoms with Crippen LogP contribution in [0.2, 0.25) is 5.02 Å². The molecule has 156 valence electrons. The van der Waals surface area contributed by atoms with Gasteiger partial charge in [-0.1, -0.05) is 28.9 Å². The van der Waals surface area contributed by atoms with Crippen molar-refractivity contribution in [1.29, 1.82) is 0 Å². The van der Waals surface area contributed by atoms with Crippen LogP contribution in [0.3, 0.4) is 0 Å². The molecule has 1 aliphatic carbocycles. The normalized spacial score (nSPS) is 13.6. The number of hydrogen-bond donors (Lipinski definition) is 0. The second-order valence-electron chi connectivity index (χ2n) is 7.27. The predicted molar refractivity (Wildman–Crippen MR) is 120 cm³/mol. The van der Waals surface area contributed by atoms with E-state index in [9.17, 15) is 9.18 Å². The van der Waals surface area contributed by atoms with Crippen molar-refractivity contribution in [3.63, 3.8) is 0 Å². The van der Waals surface area contributed by atoms with E-state index in [0.717, 1.165) is 41.2 Å². The third-order valence-electron chi connectivity index (χ3n) is 5.26. The number of oxime groups is 1. The number of aryl methyl sites for hydroxylation is 2. The van der Waals surface area contributed by atoms with E-state index in [1.165, 1.54) is 47.5 Å². The number of carbonyl (C=O) groups is 1. The number of carbonyl (C=O) groups excluding carboxylic acids is 1. The molecule has 0 saturated carbocycles. The first-order chi connectivity index (χ1) is 15.1. The molecule has 0 aliphatic heterocycles. The molecule has 0 radical (unpaired) electrons. The summed E-state index contributed by atoms with van der Waals surface area (Å²) in [4.78, 5) is 24.4. The van der Waals surface area contributed by atoms with Gasteiger partial charge < -0.3 is 4.84 Å². The van der Waals surface area contributed by atoms with Crippen LogP contribution in [-0.4, -0.2) is 21.6 Å². The third-order valence-corrected chi connectivity index (χ3v) is 6.66. The van der Waals surface area contributed by atoms with Crippen molar-refractivity contribution in [3.05, 3.63) is 81.2 Å². The number of hydrogen-bond acceptors (Lipinski definition) is 5. The average Bonchev–Trinajstić information content (AvgIpc) is 3.31. The Bertz CT molecular complexity index is 1290. The second-order valence-corrected chi connectivity index (χ2v) is 8.77. The lowest BCUT2D eigenvalue weighted by molar-refractivity contribution is 0.0519. The summed E-state index contributed by atoms with van der Waals surface area (Å²) >= 11 is 7.74. The molecule has 0 fully saturated rings. The molecule has 2 heterocycles. The van der Waals surface area contributed by atoms with Crippen LogP contribution in [0.15, 0.2) is 53.7 Å². The highest BCUT2D eigenvalue weighted by molar-refractivity contribution is 7.17. The quantitative estimate of drug-likeness (QED) is 0.219. The van der Waals surface area contributed by atoms with E-state index in [4.69, 9.17) is 21.4 Å². The Morgan fingerprint density at radius 1 is 1.13 bits per heavy atom. The van der Waals surface area contributed by atoms with Crippen LogP contribution in [0.1, 0.15) is 39.5 Å². The van der Waals surface area contributed by atoms with E-state index in [0.29, 0.717) is 5.02 Å². The lowest BCUT2D eigenvalue weighted by Gasteiger charge is -2.11. The summed E-state index contributed by atoms with van der Waals surface area (Å²) in [7, 11) is 0. The van der Waals surface area contributed by atoms with Crippen molar-refractivity contribution in [3.8, 4) is 11.3 Å². The summed E-state index contributed by atoms with van der Waals surface area (Å²) in [5, 5.41) is 4.59. The molecule has 5 rings (SSSR count). The first-order valence-electron chi connectivity index (χ1n) is 9.89. The molecule has 5 nitrogen and oxygen atoms in total. The number of halogens is 2. The fourth-order valence-electron chi connectivity index (χ4n) is 3.76. The highest BCUT2D eigenvalue weighted by Gasteiger charge is 2.22. The van der Waals surface area contributed by atoms with Crippen molar-refractivity contribution in [2.45, 2.75) is 25.7 Å². The Kier molecular flexibility index (Phi) is 5.29. The zero-order valence-corrected chi connectivity index (χ0v) is 17.9. The molecule has 0 N–H and O–H groups in total. The lowest BCUT2D eigenvalue weighted by Crippen LogP contribution is -2.06. The zero-order chi connectivity index (χ0) is 21.4. The van der Waals surface area contributed by atoms with Crippen molar-refractivity contribution in [2.24, 2.45) is 5.16 Å². The van der Waals surface area contributed by atoms with Gasteiger partial charge in [0.1, 0.15) is 5.82 Å². The van der Waals surface area contributed by atoms with E-state index >= 15 is 0 Å². The van der Waals surface area contributed by atoms with Gasteiger partial charge in [-0.15, -0.1) is 11.3 Å². The maximum absolute atomic E-state index is 13.1. The summed E-state index contributed by atoms with van der Waals surface area (Å²) in [5.41, 5.74) is 3.87. The average molecular weight is 454 g/mol. The number of aromatic nitrogens is 2. The van der Waals surface area contributed by atoms with Crippen LogP contribution >= 0.6 is 22.9 Å². The first kappa shape index (κ1) is 19.9. The predicted octanol–water partition coefficient (Wildman–Crippen LogP) is 5.93. The van der Waals surface area contributed by atoms with E-state index in [-0.39, 0.29) is 5.56 Å². The number of imidazole rings is 1. The summed E-state index contributed by atoms with van der Waals surface area (Å²) in [6.45, 7) is 0. The highest BCUT2D eigenvalue weighted by atomic mass is 35.5. The topological polar surface area (TPSA) is 56.0 Å².